The van der Waals surface area contributed by atoms with Gasteiger partial charge in [-0.1, -0.05) is 19.1 Å². The number of halogens is 3. The first-order valence-electron chi connectivity index (χ1n) is 5.92. The van der Waals surface area contributed by atoms with E-state index in [9.17, 15) is 13.2 Å². The van der Waals surface area contributed by atoms with Gasteiger partial charge in [0.2, 0.25) is 0 Å². The minimum absolute atomic E-state index is 0.0312. The molecule has 0 amide bonds. The van der Waals surface area contributed by atoms with Crippen molar-refractivity contribution in [2.45, 2.75) is 32.5 Å². The van der Waals surface area contributed by atoms with Crippen molar-refractivity contribution in [2.24, 2.45) is 5.73 Å². The van der Waals surface area contributed by atoms with Gasteiger partial charge in [-0.25, -0.2) is 0 Å². The maximum atomic E-state index is 12.7. The van der Waals surface area contributed by atoms with Crippen molar-refractivity contribution in [3.8, 4) is 0 Å². The van der Waals surface area contributed by atoms with E-state index in [2.05, 4.69) is 0 Å². The Hall–Kier alpha value is -1.30. The molecular weight excluding hydrogens is 273 g/mol. The lowest BCUT2D eigenvalue weighted by atomic mass is 10.1. The highest BCUT2D eigenvalue weighted by Gasteiger charge is 2.31. The molecule has 0 saturated carbocycles. The van der Waals surface area contributed by atoms with Gasteiger partial charge in [0, 0.05) is 24.3 Å². The van der Waals surface area contributed by atoms with Crippen LogP contribution in [-0.4, -0.2) is 18.1 Å². The third-order valence-electron chi connectivity index (χ3n) is 3.22. The second kappa shape index (κ2) is 5.77. The monoisotopic (exact) mass is 290 g/mol. The van der Waals surface area contributed by atoms with Crippen LogP contribution in [0.5, 0.6) is 0 Å². The fourth-order valence-electron chi connectivity index (χ4n) is 1.73. The Balaban J connectivity index is 3.31. The number of rotatable bonds is 4. The Kier molecular flexibility index (Phi) is 4.79. The summed E-state index contributed by atoms with van der Waals surface area (Å²) in [5.74, 6) is 0. The first kappa shape index (κ1) is 15.8. The van der Waals surface area contributed by atoms with Gasteiger partial charge in [0.05, 0.1) is 5.56 Å². The largest absolute Gasteiger partial charge is 0.416 e. The van der Waals surface area contributed by atoms with Crippen molar-refractivity contribution >= 4 is 22.9 Å². The lowest BCUT2D eigenvalue weighted by Crippen LogP contribution is -2.30. The maximum Gasteiger partial charge on any atom is 0.416 e. The van der Waals surface area contributed by atoms with Crippen LogP contribution in [0.3, 0.4) is 0 Å². The van der Waals surface area contributed by atoms with E-state index in [-0.39, 0.29) is 16.6 Å². The number of nitrogens with two attached hydrogens (primary N) is 1. The molecule has 0 bridgehead atoms. The fraction of sp³-hybridized carbons (Fsp3) is 0.462. The molecule has 0 aromatic heterocycles. The topological polar surface area (TPSA) is 29.3 Å². The second-order valence-corrected chi connectivity index (χ2v) is 4.90. The summed E-state index contributed by atoms with van der Waals surface area (Å²) < 4.78 is 38.1. The summed E-state index contributed by atoms with van der Waals surface area (Å²) in [5.41, 5.74) is 5.68. The molecule has 1 aromatic rings. The summed E-state index contributed by atoms with van der Waals surface area (Å²) in [6.45, 7) is 3.99. The van der Waals surface area contributed by atoms with Gasteiger partial charge in [-0.2, -0.15) is 13.2 Å². The van der Waals surface area contributed by atoms with Crippen molar-refractivity contribution in [3.63, 3.8) is 0 Å². The third kappa shape index (κ3) is 3.59. The molecule has 1 rings (SSSR count). The van der Waals surface area contributed by atoms with Crippen molar-refractivity contribution in [1.29, 1.82) is 0 Å². The number of benzene rings is 1. The van der Waals surface area contributed by atoms with Gasteiger partial charge in [0.25, 0.3) is 0 Å². The smallest absolute Gasteiger partial charge is 0.389 e. The number of hydrogen-bond acceptors (Lipinski definition) is 2. The molecular formula is C13H17F3N2S. The molecule has 0 fully saturated rings. The number of alkyl halides is 3. The van der Waals surface area contributed by atoms with Crippen LogP contribution in [0.4, 0.5) is 18.9 Å². The van der Waals surface area contributed by atoms with E-state index in [1.54, 1.807) is 0 Å². The molecule has 1 aromatic carbocycles. The van der Waals surface area contributed by atoms with Crippen LogP contribution in [0, 0.1) is 0 Å². The van der Waals surface area contributed by atoms with E-state index in [0.29, 0.717) is 5.69 Å². The molecule has 19 heavy (non-hydrogen) atoms. The Morgan fingerprint density at radius 1 is 1.42 bits per heavy atom. The highest BCUT2D eigenvalue weighted by Crippen LogP contribution is 2.33. The number of nitrogens with zero attached hydrogens (tertiary/aromatic N) is 1. The quantitative estimate of drug-likeness (QED) is 0.860. The molecule has 6 heteroatoms. The lowest BCUT2D eigenvalue weighted by Gasteiger charge is -2.28. The highest BCUT2D eigenvalue weighted by atomic mass is 32.1. The maximum absolute atomic E-state index is 12.7. The average Bonchev–Trinajstić information content (AvgIpc) is 2.35. The molecule has 0 saturated heterocycles. The average molecular weight is 290 g/mol. The molecule has 0 aliphatic heterocycles. The van der Waals surface area contributed by atoms with Crippen LogP contribution in [0.2, 0.25) is 0 Å². The Labute approximate surface area is 116 Å². The minimum atomic E-state index is -4.40. The van der Waals surface area contributed by atoms with Gasteiger partial charge in [-0.3, -0.25) is 0 Å². The molecule has 0 aliphatic rings. The molecule has 1 atom stereocenters. The predicted molar refractivity (Wildman–Crippen MR) is 75.5 cm³/mol. The van der Waals surface area contributed by atoms with E-state index < -0.39 is 11.7 Å². The standard InChI is InChI=1S/C13H17F3N2S/c1-4-8(2)18(3)11-6-5-9(13(14,15)16)7-10(11)12(17)19/h5-8H,4H2,1-3H3,(H2,17,19). The van der Waals surface area contributed by atoms with Gasteiger partial charge in [-0.05, 0) is 31.5 Å². The van der Waals surface area contributed by atoms with Crippen LogP contribution >= 0.6 is 12.2 Å². The summed E-state index contributed by atoms with van der Waals surface area (Å²) in [4.78, 5) is 1.85. The SMILES string of the molecule is CCC(C)N(C)c1ccc(C(F)(F)F)cc1C(N)=S. The van der Waals surface area contributed by atoms with Crippen molar-refractivity contribution in [2.75, 3.05) is 11.9 Å². The highest BCUT2D eigenvalue weighted by molar-refractivity contribution is 7.80. The van der Waals surface area contributed by atoms with Gasteiger partial charge < -0.3 is 10.6 Å². The molecule has 0 radical (unpaired) electrons. The van der Waals surface area contributed by atoms with Crippen molar-refractivity contribution in [1.82, 2.24) is 0 Å². The normalized spacial score (nSPS) is 13.2. The van der Waals surface area contributed by atoms with E-state index in [4.69, 9.17) is 18.0 Å². The third-order valence-corrected chi connectivity index (χ3v) is 3.44. The summed E-state index contributed by atoms with van der Waals surface area (Å²) in [6.07, 6.45) is -3.53. The number of anilines is 1. The van der Waals surface area contributed by atoms with Crippen LogP contribution in [0.25, 0.3) is 0 Å². The Morgan fingerprint density at radius 3 is 2.42 bits per heavy atom. The molecule has 1 unspecified atom stereocenters. The second-order valence-electron chi connectivity index (χ2n) is 4.46. The summed E-state index contributed by atoms with van der Waals surface area (Å²) in [6, 6.07) is 3.67. The van der Waals surface area contributed by atoms with Crippen LogP contribution in [0.1, 0.15) is 31.4 Å². The zero-order valence-electron chi connectivity index (χ0n) is 11.1. The molecule has 0 aliphatic carbocycles. The summed E-state index contributed by atoms with van der Waals surface area (Å²) in [7, 11) is 1.82. The fourth-order valence-corrected chi connectivity index (χ4v) is 1.89. The van der Waals surface area contributed by atoms with Crippen LogP contribution in [0.15, 0.2) is 18.2 Å². The van der Waals surface area contributed by atoms with Gasteiger partial charge >= 0.3 is 6.18 Å². The zero-order valence-corrected chi connectivity index (χ0v) is 11.9. The van der Waals surface area contributed by atoms with Crippen LogP contribution < -0.4 is 10.6 Å². The van der Waals surface area contributed by atoms with Gasteiger partial charge in [0.15, 0.2) is 0 Å². The first-order valence-corrected chi connectivity index (χ1v) is 6.33. The molecule has 2 N–H and O–H groups in total. The summed E-state index contributed by atoms with van der Waals surface area (Å²) in [5, 5.41) is 0. The first-order chi connectivity index (χ1) is 8.68. The predicted octanol–water partition coefficient (Wildman–Crippen LogP) is 3.57. The van der Waals surface area contributed by atoms with Crippen molar-refractivity contribution in [3.05, 3.63) is 29.3 Å². The van der Waals surface area contributed by atoms with Gasteiger partial charge in [-0.15, -0.1) is 0 Å². The number of hydrogen-bond donors (Lipinski definition) is 1. The minimum Gasteiger partial charge on any atom is -0.389 e. The summed E-state index contributed by atoms with van der Waals surface area (Å²) >= 11 is 4.86. The Morgan fingerprint density at radius 2 is 2.00 bits per heavy atom. The van der Waals surface area contributed by atoms with E-state index >= 15 is 0 Å². The van der Waals surface area contributed by atoms with E-state index in [1.807, 2.05) is 25.8 Å². The lowest BCUT2D eigenvalue weighted by molar-refractivity contribution is -0.137. The zero-order chi connectivity index (χ0) is 14.8. The van der Waals surface area contributed by atoms with Crippen LogP contribution in [-0.2, 0) is 6.18 Å². The van der Waals surface area contributed by atoms with E-state index in [0.717, 1.165) is 18.6 Å². The molecule has 106 valence electrons. The van der Waals surface area contributed by atoms with Gasteiger partial charge in [0.1, 0.15) is 4.99 Å². The number of thiocarbonyl (C=S) groups is 1. The van der Waals surface area contributed by atoms with E-state index in [1.165, 1.54) is 6.07 Å². The molecule has 0 heterocycles. The Bertz CT molecular complexity index is 471. The van der Waals surface area contributed by atoms with Crippen molar-refractivity contribution < 1.29 is 13.2 Å². The molecule has 2 nitrogen and oxygen atoms in total. The molecule has 0 spiro atoms.